The Bertz CT molecular complexity index is 1310. The van der Waals surface area contributed by atoms with Gasteiger partial charge in [0, 0.05) is 54.1 Å². The fraction of sp³-hybridized carbons (Fsp3) is 0.429. The molecular weight excluding hydrogens is 474 g/mol. The van der Waals surface area contributed by atoms with Crippen molar-refractivity contribution in [3.63, 3.8) is 0 Å². The first kappa shape index (κ1) is 23.5. The molecule has 3 aliphatic heterocycles. The summed E-state index contributed by atoms with van der Waals surface area (Å²) in [7, 11) is 2.15. The summed E-state index contributed by atoms with van der Waals surface area (Å²) in [6.45, 7) is 6.56. The van der Waals surface area contributed by atoms with Crippen molar-refractivity contribution in [1.82, 2.24) is 20.2 Å². The van der Waals surface area contributed by atoms with Crippen LogP contribution in [0.2, 0.25) is 5.02 Å². The predicted octanol–water partition coefficient (Wildman–Crippen LogP) is 4.53. The number of halogens is 1. The highest BCUT2D eigenvalue weighted by atomic mass is 35.5. The highest BCUT2D eigenvalue weighted by Crippen LogP contribution is 2.39. The van der Waals surface area contributed by atoms with Crippen LogP contribution in [0.3, 0.4) is 0 Å². The summed E-state index contributed by atoms with van der Waals surface area (Å²) in [4.78, 5) is 14.3. The number of benzene rings is 2. The number of hydrogen-bond donors (Lipinski definition) is 1. The van der Waals surface area contributed by atoms with Crippen LogP contribution in [0.1, 0.15) is 30.9 Å². The van der Waals surface area contributed by atoms with Crippen LogP contribution < -0.4 is 19.7 Å². The van der Waals surface area contributed by atoms with Gasteiger partial charge in [-0.15, -0.1) is 0 Å². The Morgan fingerprint density at radius 2 is 2.03 bits per heavy atom. The standard InChI is InChI=1S/C28H32ClN5O2/c1-18-16-34(15-13-30-18)26-22-11-12-24(21-9-3-6-19-7-4-10-23(29)25(19)21)36-27(22)32-28(31-26)35-17-20-8-5-14-33(20)2/h3-4,6-7,9-10,12,18,20,30H,5,8,11,13-17H2,1-2H3/t18-,20+/m1/s1. The largest absolute Gasteiger partial charge is 0.462 e. The molecular formula is C28H32ClN5O2. The third kappa shape index (κ3) is 4.51. The molecule has 2 saturated heterocycles. The van der Waals surface area contributed by atoms with Crippen LogP contribution in [0.5, 0.6) is 11.9 Å². The molecule has 0 spiro atoms. The van der Waals surface area contributed by atoms with E-state index in [0.717, 1.165) is 66.1 Å². The number of nitrogens with one attached hydrogen (secondary N) is 1. The number of aromatic nitrogens is 2. The van der Waals surface area contributed by atoms with E-state index in [0.29, 0.717) is 42.0 Å². The van der Waals surface area contributed by atoms with Crippen molar-refractivity contribution >= 4 is 34.0 Å². The van der Waals surface area contributed by atoms with E-state index in [-0.39, 0.29) is 0 Å². The molecule has 2 fully saturated rings. The lowest BCUT2D eigenvalue weighted by Gasteiger charge is -2.34. The van der Waals surface area contributed by atoms with Crippen molar-refractivity contribution in [3.05, 3.63) is 58.6 Å². The topological polar surface area (TPSA) is 62.8 Å². The first-order valence-electron chi connectivity index (χ1n) is 12.8. The van der Waals surface area contributed by atoms with E-state index in [9.17, 15) is 0 Å². The van der Waals surface area contributed by atoms with Gasteiger partial charge in [0.2, 0.25) is 5.88 Å². The summed E-state index contributed by atoms with van der Waals surface area (Å²) < 4.78 is 12.7. The maximum atomic E-state index is 6.62. The van der Waals surface area contributed by atoms with Gasteiger partial charge in [-0.05, 0) is 50.9 Å². The third-order valence-electron chi connectivity index (χ3n) is 7.49. The molecule has 0 radical (unpaired) electrons. The lowest BCUT2D eigenvalue weighted by Crippen LogP contribution is -2.50. The van der Waals surface area contributed by atoms with Crippen LogP contribution in [0.25, 0.3) is 16.5 Å². The number of ether oxygens (including phenoxy) is 2. The number of allylic oxidation sites excluding steroid dienone is 1. The highest BCUT2D eigenvalue weighted by Gasteiger charge is 2.29. The highest BCUT2D eigenvalue weighted by molar-refractivity contribution is 6.36. The number of likely N-dealkylation sites (N-methyl/N-ethyl adjacent to an activating group) is 1. The molecule has 0 saturated carbocycles. The second kappa shape index (κ2) is 9.88. The summed E-state index contributed by atoms with van der Waals surface area (Å²) in [5.41, 5.74) is 1.97. The van der Waals surface area contributed by atoms with Gasteiger partial charge in [-0.3, -0.25) is 0 Å². The van der Waals surface area contributed by atoms with Gasteiger partial charge in [-0.2, -0.15) is 9.97 Å². The molecule has 7 nitrogen and oxygen atoms in total. The van der Waals surface area contributed by atoms with Gasteiger partial charge < -0.3 is 24.6 Å². The molecule has 3 aliphatic rings. The van der Waals surface area contributed by atoms with Crippen molar-refractivity contribution in [3.8, 4) is 11.9 Å². The Balaban J connectivity index is 1.36. The molecule has 2 atom stereocenters. The quantitative estimate of drug-likeness (QED) is 0.546. The van der Waals surface area contributed by atoms with Gasteiger partial charge in [0.15, 0.2) is 0 Å². The molecule has 188 valence electrons. The van der Waals surface area contributed by atoms with E-state index >= 15 is 0 Å². The zero-order valence-corrected chi connectivity index (χ0v) is 21.6. The minimum absolute atomic E-state index is 0.382. The van der Waals surface area contributed by atoms with Gasteiger partial charge in [0.05, 0.1) is 5.56 Å². The van der Waals surface area contributed by atoms with E-state index in [1.807, 2.05) is 18.2 Å². The number of anilines is 1. The van der Waals surface area contributed by atoms with Gasteiger partial charge in [-0.25, -0.2) is 0 Å². The number of piperazine rings is 1. The monoisotopic (exact) mass is 505 g/mol. The van der Waals surface area contributed by atoms with E-state index in [1.165, 1.54) is 6.42 Å². The van der Waals surface area contributed by atoms with Crippen molar-refractivity contribution < 1.29 is 9.47 Å². The molecule has 0 bridgehead atoms. The van der Waals surface area contributed by atoms with Gasteiger partial charge in [0.1, 0.15) is 18.2 Å². The molecule has 6 rings (SSSR count). The van der Waals surface area contributed by atoms with Crippen LogP contribution in [0, 0.1) is 0 Å². The molecule has 0 amide bonds. The van der Waals surface area contributed by atoms with Gasteiger partial charge in [0.25, 0.3) is 0 Å². The molecule has 4 heterocycles. The fourth-order valence-corrected chi connectivity index (χ4v) is 5.80. The number of likely N-dealkylation sites (tertiary alicyclic amines) is 1. The van der Waals surface area contributed by atoms with E-state index in [1.54, 1.807) is 0 Å². The van der Waals surface area contributed by atoms with Crippen LogP contribution in [-0.2, 0) is 6.42 Å². The Labute approximate surface area is 217 Å². The number of rotatable bonds is 5. The van der Waals surface area contributed by atoms with Crippen LogP contribution >= 0.6 is 11.6 Å². The van der Waals surface area contributed by atoms with E-state index in [2.05, 4.69) is 53.4 Å². The average Bonchev–Trinajstić information content (AvgIpc) is 3.31. The SMILES string of the molecule is C[C@@H]1CN(c2nc(OC[C@@H]3CCCN3C)nc3c2CC=C(c2cccc4cccc(Cl)c24)O3)CCN1. The normalized spacial score (nSPS) is 22.3. The summed E-state index contributed by atoms with van der Waals surface area (Å²) in [5, 5.41) is 6.30. The molecule has 0 aliphatic carbocycles. The first-order valence-corrected chi connectivity index (χ1v) is 13.2. The Kier molecular flexibility index (Phi) is 6.46. The molecule has 3 aromatic rings. The number of nitrogens with zero attached hydrogens (tertiary/aromatic N) is 4. The average molecular weight is 506 g/mol. The summed E-state index contributed by atoms with van der Waals surface area (Å²) in [6, 6.07) is 13.3. The Morgan fingerprint density at radius 3 is 2.83 bits per heavy atom. The van der Waals surface area contributed by atoms with Crippen molar-refractivity contribution in [2.24, 2.45) is 0 Å². The Hall–Kier alpha value is -2.87. The van der Waals surface area contributed by atoms with Crippen molar-refractivity contribution in [2.75, 3.05) is 44.7 Å². The first-order chi connectivity index (χ1) is 17.6. The van der Waals surface area contributed by atoms with E-state index in [4.69, 9.17) is 31.0 Å². The molecule has 1 N–H and O–H groups in total. The predicted molar refractivity (Wildman–Crippen MR) is 144 cm³/mol. The van der Waals surface area contributed by atoms with Crippen LogP contribution in [0.15, 0.2) is 42.5 Å². The second-order valence-electron chi connectivity index (χ2n) is 10.0. The molecule has 8 heteroatoms. The Morgan fingerprint density at radius 1 is 1.17 bits per heavy atom. The fourth-order valence-electron chi connectivity index (χ4n) is 5.51. The molecule has 36 heavy (non-hydrogen) atoms. The van der Waals surface area contributed by atoms with Crippen molar-refractivity contribution in [2.45, 2.75) is 38.3 Å². The van der Waals surface area contributed by atoms with Crippen LogP contribution in [0.4, 0.5) is 5.82 Å². The lowest BCUT2D eigenvalue weighted by molar-refractivity contribution is 0.186. The van der Waals surface area contributed by atoms with E-state index < -0.39 is 0 Å². The maximum Gasteiger partial charge on any atom is 0.321 e. The third-order valence-corrected chi connectivity index (χ3v) is 7.80. The van der Waals surface area contributed by atoms with Crippen molar-refractivity contribution in [1.29, 1.82) is 0 Å². The minimum Gasteiger partial charge on any atom is -0.462 e. The number of hydrogen-bond acceptors (Lipinski definition) is 7. The summed E-state index contributed by atoms with van der Waals surface area (Å²) in [6.07, 6.45) is 5.14. The summed E-state index contributed by atoms with van der Waals surface area (Å²) >= 11 is 6.62. The lowest BCUT2D eigenvalue weighted by atomic mass is 10.0. The second-order valence-corrected chi connectivity index (χ2v) is 10.4. The molecule has 1 aromatic heterocycles. The smallest absolute Gasteiger partial charge is 0.321 e. The van der Waals surface area contributed by atoms with Gasteiger partial charge >= 0.3 is 6.01 Å². The molecule has 0 unspecified atom stereocenters. The van der Waals surface area contributed by atoms with Gasteiger partial charge in [-0.1, -0.05) is 41.9 Å². The molecule has 2 aromatic carbocycles. The van der Waals surface area contributed by atoms with Crippen LogP contribution in [-0.4, -0.2) is 66.8 Å². The minimum atomic E-state index is 0.382. The summed E-state index contributed by atoms with van der Waals surface area (Å²) in [5.74, 6) is 2.25. The zero-order chi connectivity index (χ0) is 24.6. The zero-order valence-electron chi connectivity index (χ0n) is 20.8. The number of fused-ring (bicyclic) bond motifs is 2. The maximum absolute atomic E-state index is 6.62.